The van der Waals surface area contributed by atoms with Crippen molar-refractivity contribution in [2.45, 2.75) is 18.8 Å². The molecule has 1 heterocycles. The van der Waals surface area contributed by atoms with Crippen LogP contribution in [0, 0.1) is 11.3 Å². The standard InChI is InChI=1S/C15H15N5/c1-17-13-8-14(20-15(19-13)11-5-6-11)18-12-4-2-3-10(7-12)9-16/h2-4,7-8,11H,5-6H2,1H3,(H2,17,18,19,20). The van der Waals surface area contributed by atoms with Crippen molar-refractivity contribution in [2.75, 3.05) is 17.7 Å². The minimum atomic E-state index is 0.495. The lowest BCUT2D eigenvalue weighted by Gasteiger charge is -2.09. The Hall–Kier alpha value is -2.61. The Balaban J connectivity index is 1.89. The van der Waals surface area contributed by atoms with E-state index in [2.05, 4.69) is 26.7 Å². The molecule has 0 atom stereocenters. The van der Waals surface area contributed by atoms with Crippen LogP contribution in [-0.2, 0) is 0 Å². The number of hydrogen-bond donors (Lipinski definition) is 2. The number of hydrogen-bond acceptors (Lipinski definition) is 5. The van der Waals surface area contributed by atoms with Gasteiger partial charge in [-0.3, -0.25) is 0 Å². The molecule has 5 heteroatoms. The van der Waals surface area contributed by atoms with Crippen LogP contribution in [0.5, 0.6) is 0 Å². The van der Waals surface area contributed by atoms with E-state index in [0.717, 1.165) is 36.0 Å². The molecule has 1 saturated carbocycles. The summed E-state index contributed by atoms with van der Waals surface area (Å²) >= 11 is 0. The zero-order valence-electron chi connectivity index (χ0n) is 11.2. The van der Waals surface area contributed by atoms with Crippen molar-refractivity contribution in [1.29, 1.82) is 5.26 Å². The topological polar surface area (TPSA) is 73.6 Å². The maximum atomic E-state index is 8.92. The van der Waals surface area contributed by atoms with Gasteiger partial charge in [-0.25, -0.2) is 9.97 Å². The number of rotatable bonds is 4. The fourth-order valence-electron chi connectivity index (χ4n) is 2.00. The Kier molecular flexibility index (Phi) is 3.21. The van der Waals surface area contributed by atoms with Crippen LogP contribution >= 0.6 is 0 Å². The number of aromatic nitrogens is 2. The Morgan fingerprint density at radius 2 is 2.00 bits per heavy atom. The van der Waals surface area contributed by atoms with E-state index in [9.17, 15) is 0 Å². The van der Waals surface area contributed by atoms with E-state index >= 15 is 0 Å². The summed E-state index contributed by atoms with van der Waals surface area (Å²) in [5.74, 6) is 2.94. The summed E-state index contributed by atoms with van der Waals surface area (Å²) in [6.45, 7) is 0. The van der Waals surface area contributed by atoms with Gasteiger partial charge in [0.15, 0.2) is 0 Å². The second kappa shape index (κ2) is 5.17. The lowest BCUT2D eigenvalue weighted by atomic mass is 10.2. The third-order valence-electron chi connectivity index (χ3n) is 3.21. The van der Waals surface area contributed by atoms with Gasteiger partial charge in [-0.05, 0) is 31.0 Å². The van der Waals surface area contributed by atoms with Crippen LogP contribution in [0.2, 0.25) is 0 Å². The van der Waals surface area contributed by atoms with Gasteiger partial charge >= 0.3 is 0 Å². The molecule has 0 bridgehead atoms. The van der Waals surface area contributed by atoms with Crippen molar-refractivity contribution in [3.05, 3.63) is 41.7 Å². The molecule has 20 heavy (non-hydrogen) atoms. The molecule has 0 spiro atoms. The smallest absolute Gasteiger partial charge is 0.136 e. The fourth-order valence-corrected chi connectivity index (χ4v) is 2.00. The number of benzene rings is 1. The first-order valence-corrected chi connectivity index (χ1v) is 6.62. The first-order chi connectivity index (χ1) is 9.78. The highest BCUT2D eigenvalue weighted by Gasteiger charge is 2.27. The molecule has 1 aromatic carbocycles. The molecular formula is C15H15N5. The molecule has 2 aromatic rings. The van der Waals surface area contributed by atoms with Crippen molar-refractivity contribution in [3.63, 3.8) is 0 Å². The maximum absolute atomic E-state index is 8.92. The fraction of sp³-hybridized carbons (Fsp3) is 0.267. The molecule has 1 aliphatic carbocycles. The average Bonchev–Trinajstić information content (AvgIpc) is 3.31. The normalized spacial score (nSPS) is 13.6. The number of anilines is 3. The van der Waals surface area contributed by atoms with Gasteiger partial charge < -0.3 is 10.6 Å². The summed E-state index contributed by atoms with van der Waals surface area (Å²) in [5, 5.41) is 15.2. The minimum Gasteiger partial charge on any atom is -0.373 e. The molecule has 1 aromatic heterocycles. The lowest BCUT2D eigenvalue weighted by Crippen LogP contribution is -2.03. The Morgan fingerprint density at radius 1 is 1.20 bits per heavy atom. The average molecular weight is 265 g/mol. The van der Waals surface area contributed by atoms with Crippen LogP contribution in [0.15, 0.2) is 30.3 Å². The highest BCUT2D eigenvalue weighted by molar-refractivity contribution is 5.61. The van der Waals surface area contributed by atoms with Crippen LogP contribution in [0.4, 0.5) is 17.3 Å². The Morgan fingerprint density at radius 3 is 2.70 bits per heavy atom. The summed E-state index contributed by atoms with van der Waals surface area (Å²) in [7, 11) is 1.85. The van der Waals surface area contributed by atoms with Gasteiger partial charge in [0.05, 0.1) is 11.6 Å². The van der Waals surface area contributed by atoms with Crippen LogP contribution in [0.1, 0.15) is 30.1 Å². The predicted octanol–water partition coefficient (Wildman–Crippen LogP) is 3.01. The Bertz CT molecular complexity index is 670. The van der Waals surface area contributed by atoms with Crippen molar-refractivity contribution in [1.82, 2.24) is 9.97 Å². The number of nitrogens with one attached hydrogen (secondary N) is 2. The quantitative estimate of drug-likeness (QED) is 0.889. The van der Waals surface area contributed by atoms with Gasteiger partial charge in [0, 0.05) is 24.7 Å². The number of nitriles is 1. The van der Waals surface area contributed by atoms with E-state index in [0.29, 0.717) is 11.5 Å². The van der Waals surface area contributed by atoms with Crippen molar-refractivity contribution in [2.24, 2.45) is 0 Å². The van der Waals surface area contributed by atoms with Crippen molar-refractivity contribution in [3.8, 4) is 6.07 Å². The van der Waals surface area contributed by atoms with Gasteiger partial charge in [-0.15, -0.1) is 0 Å². The molecule has 1 fully saturated rings. The molecule has 0 amide bonds. The predicted molar refractivity (Wildman–Crippen MR) is 78.0 cm³/mol. The van der Waals surface area contributed by atoms with Crippen LogP contribution in [0.3, 0.4) is 0 Å². The van der Waals surface area contributed by atoms with Crippen molar-refractivity contribution >= 4 is 17.3 Å². The van der Waals surface area contributed by atoms with Gasteiger partial charge in [-0.2, -0.15) is 5.26 Å². The van der Waals surface area contributed by atoms with E-state index in [4.69, 9.17) is 5.26 Å². The summed E-state index contributed by atoms with van der Waals surface area (Å²) in [5.41, 5.74) is 1.48. The number of nitrogens with zero attached hydrogens (tertiary/aromatic N) is 3. The van der Waals surface area contributed by atoms with E-state index < -0.39 is 0 Å². The second-order valence-corrected chi connectivity index (χ2v) is 4.84. The largest absolute Gasteiger partial charge is 0.373 e. The van der Waals surface area contributed by atoms with Crippen LogP contribution in [0.25, 0.3) is 0 Å². The van der Waals surface area contributed by atoms with Crippen molar-refractivity contribution < 1.29 is 0 Å². The third kappa shape index (κ3) is 2.69. The minimum absolute atomic E-state index is 0.495. The highest BCUT2D eigenvalue weighted by Crippen LogP contribution is 2.39. The molecule has 3 rings (SSSR count). The second-order valence-electron chi connectivity index (χ2n) is 4.84. The van der Waals surface area contributed by atoms with E-state index in [-0.39, 0.29) is 0 Å². The first kappa shape index (κ1) is 12.4. The Labute approximate surface area is 117 Å². The maximum Gasteiger partial charge on any atom is 0.136 e. The van der Waals surface area contributed by atoms with Crippen LogP contribution < -0.4 is 10.6 Å². The van der Waals surface area contributed by atoms with E-state index in [1.807, 2.05) is 25.2 Å². The molecule has 0 radical (unpaired) electrons. The first-order valence-electron chi connectivity index (χ1n) is 6.62. The van der Waals surface area contributed by atoms with E-state index in [1.165, 1.54) is 0 Å². The molecule has 5 nitrogen and oxygen atoms in total. The summed E-state index contributed by atoms with van der Waals surface area (Å²) in [6.07, 6.45) is 2.33. The lowest BCUT2D eigenvalue weighted by molar-refractivity contribution is 0.932. The monoisotopic (exact) mass is 265 g/mol. The summed E-state index contributed by atoms with van der Waals surface area (Å²) in [6, 6.07) is 11.3. The van der Waals surface area contributed by atoms with Crippen LogP contribution in [-0.4, -0.2) is 17.0 Å². The summed E-state index contributed by atoms with van der Waals surface area (Å²) in [4.78, 5) is 9.02. The molecule has 100 valence electrons. The molecule has 0 saturated heterocycles. The van der Waals surface area contributed by atoms with Gasteiger partial charge in [0.1, 0.15) is 17.5 Å². The van der Waals surface area contributed by atoms with E-state index in [1.54, 1.807) is 12.1 Å². The zero-order valence-corrected chi connectivity index (χ0v) is 11.2. The highest BCUT2D eigenvalue weighted by atomic mass is 15.1. The summed E-state index contributed by atoms with van der Waals surface area (Å²) < 4.78 is 0. The SMILES string of the molecule is CNc1cc(Nc2cccc(C#N)c2)nc(C2CC2)n1. The molecule has 1 aliphatic rings. The van der Waals surface area contributed by atoms with Gasteiger partial charge in [0.2, 0.25) is 0 Å². The third-order valence-corrected chi connectivity index (χ3v) is 3.21. The zero-order chi connectivity index (χ0) is 13.9. The molecule has 0 unspecified atom stereocenters. The molecule has 2 N–H and O–H groups in total. The molecule has 0 aliphatic heterocycles. The van der Waals surface area contributed by atoms with Gasteiger partial charge in [-0.1, -0.05) is 6.07 Å². The molecular weight excluding hydrogens is 250 g/mol. The van der Waals surface area contributed by atoms with Gasteiger partial charge in [0.25, 0.3) is 0 Å².